The van der Waals surface area contributed by atoms with Gasteiger partial charge in [0.15, 0.2) is 29.7 Å². The van der Waals surface area contributed by atoms with Gasteiger partial charge in [-0.2, -0.15) is 0 Å². The van der Waals surface area contributed by atoms with Crippen LogP contribution >= 0.6 is 0 Å². The second-order valence-electron chi connectivity index (χ2n) is 10.6. The second-order valence-corrected chi connectivity index (χ2v) is 10.6. The molecule has 2 saturated heterocycles. The largest absolute Gasteiger partial charge is 0.507 e. The van der Waals surface area contributed by atoms with Crippen LogP contribution in [0.3, 0.4) is 0 Å². The third kappa shape index (κ3) is 5.95. The molecule has 0 spiro atoms. The number of Topliss-reactive ketones (excluding diaryl/α,β-unsaturated/α-hetero) is 1. The van der Waals surface area contributed by atoms with Gasteiger partial charge in [0.05, 0.1) is 26.2 Å². The Balaban J connectivity index is 1.41. The van der Waals surface area contributed by atoms with Gasteiger partial charge < -0.3 is 69.3 Å². The average Bonchev–Trinajstić information content (AvgIpc) is 2.97. The first-order chi connectivity index (χ1) is 20.4. The number of hydrogen-bond acceptors (Lipinski definition) is 15. The van der Waals surface area contributed by atoms with Crippen molar-refractivity contribution in [1.82, 2.24) is 0 Å². The fourth-order valence-corrected chi connectivity index (χ4v) is 5.29. The maximum absolute atomic E-state index is 13.0. The smallest absolute Gasteiger partial charge is 0.229 e. The number of carbonyl (C=O) groups excluding carboxylic acids is 1. The molecule has 2 aromatic rings. The first-order valence-electron chi connectivity index (χ1n) is 13.5. The van der Waals surface area contributed by atoms with Gasteiger partial charge >= 0.3 is 0 Å². The van der Waals surface area contributed by atoms with Crippen LogP contribution in [0.15, 0.2) is 30.3 Å². The lowest BCUT2D eigenvalue weighted by Crippen LogP contribution is -2.64. The highest BCUT2D eigenvalue weighted by Crippen LogP contribution is 2.43. The molecular weight excluding hydrogens is 576 g/mol. The Morgan fingerprint density at radius 2 is 1.63 bits per heavy atom. The van der Waals surface area contributed by atoms with E-state index in [9.17, 15) is 45.6 Å². The Morgan fingerprint density at radius 1 is 0.884 bits per heavy atom. The zero-order valence-corrected chi connectivity index (χ0v) is 23.1. The molecule has 0 aliphatic carbocycles. The van der Waals surface area contributed by atoms with Gasteiger partial charge in [0.2, 0.25) is 6.29 Å². The molecule has 0 bridgehead atoms. The summed E-state index contributed by atoms with van der Waals surface area (Å²) in [4.78, 5) is 13.0. The minimum Gasteiger partial charge on any atom is -0.507 e. The van der Waals surface area contributed by atoms with Crippen molar-refractivity contribution in [2.24, 2.45) is 0 Å². The molecule has 2 fully saturated rings. The van der Waals surface area contributed by atoms with Crippen molar-refractivity contribution in [3.63, 3.8) is 0 Å². The monoisotopic (exact) mass is 610 g/mol. The minimum absolute atomic E-state index is 0.0592. The van der Waals surface area contributed by atoms with Crippen molar-refractivity contribution < 1.29 is 74.1 Å². The molecule has 236 valence electrons. The van der Waals surface area contributed by atoms with Crippen molar-refractivity contribution in [2.45, 2.75) is 80.9 Å². The van der Waals surface area contributed by atoms with Crippen molar-refractivity contribution in [3.05, 3.63) is 41.5 Å². The van der Waals surface area contributed by atoms with E-state index in [2.05, 4.69) is 0 Å². The second kappa shape index (κ2) is 12.4. The average molecular weight is 611 g/mol. The zero-order chi connectivity index (χ0) is 31.2. The van der Waals surface area contributed by atoms with Gasteiger partial charge in [0.1, 0.15) is 65.5 Å². The Labute approximate surface area is 245 Å². The van der Waals surface area contributed by atoms with E-state index in [1.807, 2.05) is 0 Å². The SMILES string of the molecule is COc1ccc([C@@H]2CC(=O)c3c(O)cc(O[C@H]4O[C@@H](CO)[C@@H](O)[C@@H](O)[C@H]4O[C@@H]4O[C@H](C)[C@H](O)[C@H](O)[C@@H]4O)cc3O2)cc1O. The molecule has 8 N–H and O–H groups in total. The zero-order valence-electron chi connectivity index (χ0n) is 23.1. The summed E-state index contributed by atoms with van der Waals surface area (Å²) >= 11 is 0. The summed E-state index contributed by atoms with van der Waals surface area (Å²) in [5.74, 6) is -1.06. The van der Waals surface area contributed by atoms with Crippen LogP contribution in [0.2, 0.25) is 0 Å². The highest BCUT2D eigenvalue weighted by atomic mass is 16.8. The lowest BCUT2D eigenvalue weighted by molar-refractivity contribution is -0.354. The molecular formula is C28H34O15. The summed E-state index contributed by atoms with van der Waals surface area (Å²) in [5.41, 5.74) is 0.352. The summed E-state index contributed by atoms with van der Waals surface area (Å²) in [6.07, 6.45) is -16.3. The standard InChI is InChI=1S/C28H34O15/c1-10-21(33)23(35)25(37)27(39-10)43-26-24(36)22(34)19(9-29)42-28(26)40-12-6-14(31)20-15(32)8-17(41-18(20)7-12)11-3-4-16(38-2)13(30)5-11/h3-7,10,17,19,21-31,33-37H,8-9H2,1-2H3/t10-,17+,19+,21+,22-,23+,24-,25+,26-,27+,28+/m1/s1. The van der Waals surface area contributed by atoms with Crippen LogP contribution in [0.25, 0.3) is 0 Å². The molecule has 15 nitrogen and oxygen atoms in total. The first-order valence-corrected chi connectivity index (χ1v) is 13.5. The Morgan fingerprint density at radius 3 is 2.30 bits per heavy atom. The van der Waals surface area contributed by atoms with Crippen LogP contribution in [0.1, 0.15) is 35.4 Å². The Hall–Kier alpha value is -3.25. The van der Waals surface area contributed by atoms with Gasteiger partial charge in [0, 0.05) is 12.1 Å². The maximum atomic E-state index is 13.0. The fourth-order valence-electron chi connectivity index (χ4n) is 5.29. The molecule has 11 atom stereocenters. The number of aromatic hydroxyl groups is 2. The van der Waals surface area contributed by atoms with Gasteiger partial charge in [-0.25, -0.2) is 0 Å². The lowest BCUT2D eigenvalue weighted by Gasteiger charge is -2.45. The highest BCUT2D eigenvalue weighted by molar-refractivity contribution is 6.02. The Bertz CT molecular complexity index is 1320. The van der Waals surface area contributed by atoms with E-state index in [4.69, 9.17) is 28.4 Å². The van der Waals surface area contributed by atoms with Crippen LogP contribution in [-0.4, -0.2) is 122 Å². The number of ketones is 1. The molecule has 0 aromatic heterocycles. The molecule has 0 unspecified atom stereocenters. The quantitative estimate of drug-likeness (QED) is 0.185. The number of methoxy groups -OCH3 is 1. The van der Waals surface area contributed by atoms with Crippen molar-refractivity contribution in [1.29, 1.82) is 0 Å². The molecule has 0 amide bonds. The van der Waals surface area contributed by atoms with E-state index in [1.54, 1.807) is 6.07 Å². The van der Waals surface area contributed by atoms with Crippen LogP contribution < -0.4 is 14.2 Å². The number of phenols is 2. The highest BCUT2D eigenvalue weighted by Gasteiger charge is 2.51. The van der Waals surface area contributed by atoms with Gasteiger partial charge in [-0.3, -0.25) is 4.79 Å². The summed E-state index contributed by atoms with van der Waals surface area (Å²) in [5, 5.41) is 82.4. The minimum atomic E-state index is -1.76. The topological polar surface area (TPSA) is 234 Å². The molecule has 2 aromatic carbocycles. The van der Waals surface area contributed by atoms with Crippen molar-refractivity contribution in [2.75, 3.05) is 13.7 Å². The molecule has 0 radical (unpaired) electrons. The van der Waals surface area contributed by atoms with E-state index in [0.717, 1.165) is 6.07 Å². The molecule has 3 aliphatic rings. The summed E-state index contributed by atoms with van der Waals surface area (Å²) in [6.45, 7) is 0.699. The first kappa shape index (κ1) is 31.2. The van der Waals surface area contributed by atoms with Crippen molar-refractivity contribution in [3.8, 4) is 28.7 Å². The van der Waals surface area contributed by atoms with E-state index in [0.29, 0.717) is 5.56 Å². The van der Waals surface area contributed by atoms with Crippen LogP contribution in [0.4, 0.5) is 0 Å². The van der Waals surface area contributed by atoms with Crippen LogP contribution in [0.5, 0.6) is 28.7 Å². The molecule has 3 heterocycles. The number of aliphatic hydroxyl groups excluding tert-OH is 6. The summed E-state index contributed by atoms with van der Waals surface area (Å²) in [7, 11) is 1.39. The number of hydrogen-bond donors (Lipinski definition) is 8. The van der Waals surface area contributed by atoms with Gasteiger partial charge in [-0.1, -0.05) is 6.07 Å². The molecule has 0 saturated carbocycles. The third-order valence-corrected chi connectivity index (χ3v) is 7.72. The predicted octanol–water partition coefficient (Wildman–Crippen LogP) is -1.16. The maximum Gasteiger partial charge on any atom is 0.229 e. The van der Waals surface area contributed by atoms with E-state index in [-0.39, 0.29) is 35.0 Å². The number of aliphatic hydroxyl groups is 6. The lowest BCUT2D eigenvalue weighted by atomic mass is 9.95. The number of carbonyl (C=O) groups is 1. The third-order valence-electron chi connectivity index (χ3n) is 7.72. The number of benzene rings is 2. The van der Waals surface area contributed by atoms with E-state index < -0.39 is 85.7 Å². The number of rotatable bonds is 7. The molecule has 43 heavy (non-hydrogen) atoms. The predicted molar refractivity (Wildman–Crippen MR) is 141 cm³/mol. The Kier molecular flexibility index (Phi) is 8.99. The number of fused-ring (bicyclic) bond motifs is 1. The van der Waals surface area contributed by atoms with Crippen molar-refractivity contribution >= 4 is 5.78 Å². The number of phenolic OH excluding ortho intramolecular Hbond substituents is 2. The normalized spacial score (nSPS) is 36.0. The summed E-state index contributed by atoms with van der Waals surface area (Å²) < 4.78 is 33.7. The van der Waals surface area contributed by atoms with Crippen LogP contribution in [0, 0.1) is 0 Å². The molecule has 15 heteroatoms. The fraction of sp³-hybridized carbons (Fsp3) is 0.536. The summed E-state index contributed by atoms with van der Waals surface area (Å²) in [6, 6.07) is 6.89. The van der Waals surface area contributed by atoms with Gasteiger partial charge in [0.25, 0.3) is 0 Å². The molecule has 5 rings (SSSR count). The van der Waals surface area contributed by atoms with Gasteiger partial charge in [-0.05, 0) is 24.6 Å². The van der Waals surface area contributed by atoms with E-state index >= 15 is 0 Å². The molecule has 3 aliphatic heterocycles. The van der Waals surface area contributed by atoms with E-state index in [1.165, 1.54) is 32.2 Å². The van der Waals surface area contributed by atoms with Crippen LogP contribution in [-0.2, 0) is 14.2 Å². The van der Waals surface area contributed by atoms with Gasteiger partial charge in [-0.15, -0.1) is 0 Å². The number of ether oxygens (including phenoxy) is 6.